The molecule has 4 aromatic rings. The van der Waals surface area contributed by atoms with Crippen molar-refractivity contribution < 1.29 is 28.3 Å². The first-order chi connectivity index (χ1) is 17.1. The minimum Gasteiger partial charge on any atom is -0.497 e. The molecule has 1 unspecified atom stereocenters. The van der Waals surface area contributed by atoms with Crippen LogP contribution in [0.1, 0.15) is 34.7 Å². The topological polar surface area (TPSA) is 80.0 Å². The highest BCUT2D eigenvalue weighted by Crippen LogP contribution is 2.29. The van der Waals surface area contributed by atoms with Crippen LogP contribution in [0.4, 0.5) is 0 Å². The van der Waals surface area contributed by atoms with Crippen molar-refractivity contribution in [2.45, 2.75) is 25.6 Å². The van der Waals surface area contributed by atoms with Crippen LogP contribution in [0.2, 0.25) is 0 Å². The predicted molar refractivity (Wildman–Crippen MR) is 130 cm³/mol. The number of ether oxygens (including phenoxy) is 4. The van der Waals surface area contributed by atoms with Gasteiger partial charge in [-0.25, -0.2) is 0 Å². The molecule has 1 heterocycles. The van der Waals surface area contributed by atoms with E-state index in [-0.39, 0.29) is 24.9 Å². The first-order valence-corrected chi connectivity index (χ1v) is 11.2. The minimum absolute atomic E-state index is 0.134. The molecule has 7 heteroatoms. The van der Waals surface area contributed by atoms with E-state index in [0.717, 1.165) is 33.9 Å². The number of benzene rings is 3. The lowest BCUT2D eigenvalue weighted by Crippen LogP contribution is -2.12. The lowest BCUT2D eigenvalue weighted by atomic mass is 9.92. The highest BCUT2D eigenvalue weighted by molar-refractivity contribution is 5.71. The Labute approximate surface area is 204 Å². The number of esters is 1. The average molecular weight is 474 g/mol. The third-order valence-electron chi connectivity index (χ3n) is 5.59. The number of methoxy groups -OCH3 is 2. The van der Waals surface area contributed by atoms with Crippen LogP contribution < -0.4 is 14.2 Å². The molecule has 0 bridgehead atoms. The monoisotopic (exact) mass is 473 g/mol. The molecule has 1 aromatic heterocycles. The summed E-state index contributed by atoms with van der Waals surface area (Å²) in [4.78, 5) is 12.7. The largest absolute Gasteiger partial charge is 0.497 e. The minimum atomic E-state index is -0.325. The molecule has 0 N–H and O–H groups in total. The van der Waals surface area contributed by atoms with Gasteiger partial charge >= 0.3 is 5.97 Å². The van der Waals surface area contributed by atoms with Gasteiger partial charge in [0.2, 0.25) is 0 Å². The van der Waals surface area contributed by atoms with Crippen molar-refractivity contribution in [1.82, 2.24) is 5.16 Å². The number of hydrogen-bond donors (Lipinski definition) is 0. The van der Waals surface area contributed by atoms with Crippen LogP contribution in [-0.2, 0) is 22.7 Å². The zero-order valence-corrected chi connectivity index (χ0v) is 19.7. The zero-order chi connectivity index (χ0) is 24.5. The SMILES string of the molecule is COc1ccc(COC(=O)CC(c2ccc(OCc3ccc(OC)cc3)cc2)c2ccon2)cc1. The average Bonchev–Trinajstić information content (AvgIpc) is 3.45. The van der Waals surface area contributed by atoms with Gasteiger partial charge in [-0.3, -0.25) is 4.79 Å². The van der Waals surface area contributed by atoms with Gasteiger partial charge in [0.05, 0.1) is 26.3 Å². The van der Waals surface area contributed by atoms with Crippen LogP contribution in [0.15, 0.2) is 89.6 Å². The fourth-order valence-corrected chi connectivity index (χ4v) is 3.59. The van der Waals surface area contributed by atoms with Gasteiger partial charge in [0, 0.05) is 12.0 Å². The Balaban J connectivity index is 1.37. The van der Waals surface area contributed by atoms with E-state index >= 15 is 0 Å². The van der Waals surface area contributed by atoms with Crippen molar-refractivity contribution in [3.63, 3.8) is 0 Å². The van der Waals surface area contributed by atoms with E-state index < -0.39 is 0 Å². The third-order valence-corrected chi connectivity index (χ3v) is 5.59. The van der Waals surface area contributed by atoms with Crippen molar-refractivity contribution in [2.24, 2.45) is 0 Å². The lowest BCUT2D eigenvalue weighted by Gasteiger charge is -2.15. The molecule has 0 amide bonds. The van der Waals surface area contributed by atoms with E-state index in [4.69, 9.17) is 23.5 Å². The van der Waals surface area contributed by atoms with Gasteiger partial charge in [-0.1, -0.05) is 41.6 Å². The molecule has 0 radical (unpaired) electrons. The van der Waals surface area contributed by atoms with Gasteiger partial charge in [0.1, 0.15) is 36.7 Å². The maximum atomic E-state index is 12.7. The van der Waals surface area contributed by atoms with E-state index in [1.807, 2.05) is 72.8 Å². The highest BCUT2D eigenvalue weighted by atomic mass is 16.5. The van der Waals surface area contributed by atoms with Gasteiger partial charge in [-0.15, -0.1) is 0 Å². The van der Waals surface area contributed by atoms with Crippen LogP contribution in [0.25, 0.3) is 0 Å². The standard InChI is InChI=1S/C28H27NO6/c1-31-23-9-3-20(4-10-23)18-33-25-13-7-22(8-14-25)26(27-15-16-35-29-27)17-28(30)34-19-21-5-11-24(32-2)12-6-21/h3-16,26H,17-19H2,1-2H3. The molecular weight excluding hydrogens is 446 g/mol. The van der Waals surface area contributed by atoms with E-state index in [0.29, 0.717) is 12.3 Å². The third kappa shape index (κ3) is 6.63. The van der Waals surface area contributed by atoms with Crippen molar-refractivity contribution in [2.75, 3.05) is 14.2 Å². The lowest BCUT2D eigenvalue weighted by molar-refractivity contribution is -0.145. The van der Waals surface area contributed by atoms with Crippen LogP contribution in [0.5, 0.6) is 17.2 Å². The molecular formula is C28H27NO6. The molecule has 0 saturated heterocycles. The maximum Gasteiger partial charge on any atom is 0.307 e. The number of carbonyl (C=O) groups is 1. The number of aromatic nitrogens is 1. The number of carbonyl (C=O) groups excluding carboxylic acids is 1. The maximum absolute atomic E-state index is 12.7. The van der Waals surface area contributed by atoms with Crippen molar-refractivity contribution in [3.8, 4) is 17.2 Å². The van der Waals surface area contributed by atoms with E-state index in [9.17, 15) is 4.79 Å². The first kappa shape index (κ1) is 23.9. The van der Waals surface area contributed by atoms with Crippen molar-refractivity contribution in [3.05, 3.63) is 108 Å². The Kier molecular flexibility index (Phi) is 8.01. The zero-order valence-electron chi connectivity index (χ0n) is 19.7. The quantitative estimate of drug-likeness (QED) is 0.265. The molecule has 0 aliphatic rings. The summed E-state index contributed by atoms with van der Waals surface area (Å²) >= 11 is 0. The molecule has 4 rings (SSSR count). The van der Waals surface area contributed by atoms with E-state index in [1.54, 1.807) is 20.3 Å². The molecule has 35 heavy (non-hydrogen) atoms. The molecule has 0 aliphatic carbocycles. The molecule has 180 valence electrons. The Morgan fingerprint density at radius 3 is 1.89 bits per heavy atom. The fraction of sp³-hybridized carbons (Fsp3) is 0.214. The summed E-state index contributed by atoms with van der Waals surface area (Å²) in [6.45, 7) is 0.625. The molecule has 3 aromatic carbocycles. The summed E-state index contributed by atoms with van der Waals surface area (Å²) in [6.07, 6.45) is 1.63. The Hall–Kier alpha value is -4.26. The van der Waals surface area contributed by atoms with Crippen LogP contribution in [0, 0.1) is 0 Å². The molecule has 7 nitrogen and oxygen atoms in total. The summed E-state index contributed by atoms with van der Waals surface area (Å²) in [5.41, 5.74) is 3.50. The second-order valence-electron chi connectivity index (χ2n) is 7.90. The van der Waals surface area contributed by atoms with E-state index in [1.165, 1.54) is 6.26 Å². The van der Waals surface area contributed by atoms with Crippen molar-refractivity contribution in [1.29, 1.82) is 0 Å². The summed E-state index contributed by atoms with van der Waals surface area (Å²) < 4.78 is 26.8. The van der Waals surface area contributed by atoms with Crippen LogP contribution in [-0.4, -0.2) is 25.3 Å². The van der Waals surface area contributed by atoms with Crippen LogP contribution >= 0.6 is 0 Å². The molecule has 1 atom stereocenters. The summed E-state index contributed by atoms with van der Waals surface area (Å²) in [5.74, 6) is 1.66. The Bertz CT molecular complexity index is 1190. The smallest absolute Gasteiger partial charge is 0.307 e. The number of nitrogens with zero attached hydrogens (tertiary/aromatic N) is 1. The molecule has 0 fully saturated rings. The Morgan fingerprint density at radius 1 is 0.771 bits per heavy atom. The summed E-state index contributed by atoms with van der Waals surface area (Å²) in [5, 5.41) is 4.06. The second-order valence-corrected chi connectivity index (χ2v) is 7.90. The number of rotatable bonds is 11. The normalized spacial score (nSPS) is 11.5. The summed E-state index contributed by atoms with van der Waals surface area (Å²) in [6, 6.07) is 24.5. The fourth-order valence-electron chi connectivity index (χ4n) is 3.59. The van der Waals surface area contributed by atoms with Gasteiger partial charge in [-0.05, 0) is 53.1 Å². The van der Waals surface area contributed by atoms with Gasteiger partial charge in [-0.2, -0.15) is 0 Å². The predicted octanol–water partition coefficient (Wildman–Crippen LogP) is 5.54. The molecule has 0 aliphatic heterocycles. The van der Waals surface area contributed by atoms with Gasteiger partial charge in [0.15, 0.2) is 0 Å². The first-order valence-electron chi connectivity index (χ1n) is 11.2. The van der Waals surface area contributed by atoms with Gasteiger partial charge in [0.25, 0.3) is 0 Å². The van der Waals surface area contributed by atoms with Crippen LogP contribution in [0.3, 0.4) is 0 Å². The molecule has 0 saturated carbocycles. The second kappa shape index (κ2) is 11.7. The van der Waals surface area contributed by atoms with E-state index in [2.05, 4.69) is 5.16 Å². The highest BCUT2D eigenvalue weighted by Gasteiger charge is 2.22. The summed E-state index contributed by atoms with van der Waals surface area (Å²) in [7, 11) is 3.25. The molecule has 0 spiro atoms. The van der Waals surface area contributed by atoms with Gasteiger partial charge < -0.3 is 23.5 Å². The van der Waals surface area contributed by atoms with Crippen molar-refractivity contribution >= 4 is 5.97 Å². The Morgan fingerprint density at radius 2 is 1.34 bits per heavy atom. The number of hydrogen-bond acceptors (Lipinski definition) is 7.